The molecule has 0 spiro atoms. The number of hydrogen-bond donors (Lipinski definition) is 4. The molecule has 5 N–H and O–H groups in total. The maximum absolute atomic E-state index is 10.2. The van der Waals surface area contributed by atoms with Gasteiger partial charge < -0.3 is 21.3 Å². The van der Waals surface area contributed by atoms with Crippen LogP contribution in [0, 0.1) is 0 Å². The molecular formula is C10H14N2O2. The first-order chi connectivity index (χ1) is 6.63. The zero-order valence-corrected chi connectivity index (χ0v) is 7.83. The van der Waals surface area contributed by atoms with E-state index in [1.54, 1.807) is 12.1 Å². The van der Waals surface area contributed by atoms with Gasteiger partial charge in [-0.2, -0.15) is 0 Å². The summed E-state index contributed by atoms with van der Waals surface area (Å²) in [7, 11) is 0. The second-order valence-electron chi connectivity index (χ2n) is 3.70. The summed E-state index contributed by atoms with van der Waals surface area (Å²) in [6, 6.07) is 4.96. The molecule has 1 saturated heterocycles. The molecule has 0 bridgehead atoms. The molecule has 0 aliphatic carbocycles. The highest BCUT2D eigenvalue weighted by Gasteiger charge is 2.34. The fourth-order valence-corrected chi connectivity index (χ4v) is 1.87. The van der Waals surface area contributed by atoms with Crippen molar-refractivity contribution in [2.45, 2.75) is 12.0 Å². The van der Waals surface area contributed by atoms with Crippen LogP contribution in [0.5, 0.6) is 5.75 Å². The molecule has 76 valence electrons. The Morgan fingerprint density at radius 2 is 2.21 bits per heavy atom. The predicted octanol–water partition coefficient (Wildman–Crippen LogP) is 0.155. The molecular weight excluding hydrogens is 180 g/mol. The molecule has 0 aromatic heterocycles. The summed E-state index contributed by atoms with van der Waals surface area (Å²) in [6.45, 7) is 1.26. The normalized spacial score (nSPS) is 26.6. The number of nitrogen functional groups attached to an aromatic ring is 1. The Bertz CT molecular complexity index is 346. The van der Waals surface area contributed by atoms with Gasteiger partial charge in [-0.05, 0) is 19.0 Å². The molecule has 4 nitrogen and oxygen atoms in total. The van der Waals surface area contributed by atoms with Crippen molar-refractivity contribution < 1.29 is 10.2 Å². The summed E-state index contributed by atoms with van der Waals surface area (Å²) >= 11 is 0. The first-order valence-corrected chi connectivity index (χ1v) is 4.64. The van der Waals surface area contributed by atoms with Gasteiger partial charge in [0.1, 0.15) is 11.4 Å². The van der Waals surface area contributed by atoms with Gasteiger partial charge >= 0.3 is 0 Å². The minimum absolute atomic E-state index is 0.0304. The van der Waals surface area contributed by atoms with Crippen LogP contribution >= 0.6 is 0 Å². The molecule has 14 heavy (non-hydrogen) atoms. The van der Waals surface area contributed by atoms with Crippen molar-refractivity contribution in [3.63, 3.8) is 0 Å². The third-order valence-corrected chi connectivity index (χ3v) is 2.72. The van der Waals surface area contributed by atoms with E-state index in [9.17, 15) is 10.2 Å². The highest BCUT2D eigenvalue weighted by molar-refractivity contribution is 5.60. The van der Waals surface area contributed by atoms with Gasteiger partial charge in [-0.3, -0.25) is 0 Å². The number of phenols is 1. The molecule has 2 rings (SSSR count). The number of aliphatic hydroxyl groups is 1. The summed E-state index contributed by atoms with van der Waals surface area (Å²) in [5, 5.41) is 22.7. The van der Waals surface area contributed by atoms with E-state index in [4.69, 9.17) is 5.73 Å². The monoisotopic (exact) mass is 194 g/mol. The van der Waals surface area contributed by atoms with E-state index in [1.807, 2.05) is 0 Å². The summed E-state index contributed by atoms with van der Waals surface area (Å²) in [5.41, 5.74) is 5.67. The first-order valence-electron chi connectivity index (χ1n) is 4.64. The topological polar surface area (TPSA) is 78.5 Å². The fraction of sp³-hybridized carbons (Fsp3) is 0.400. The van der Waals surface area contributed by atoms with Crippen molar-refractivity contribution in [3.05, 3.63) is 23.8 Å². The van der Waals surface area contributed by atoms with Crippen LogP contribution in [0.1, 0.15) is 12.0 Å². The lowest BCUT2D eigenvalue weighted by Gasteiger charge is -2.23. The third kappa shape index (κ3) is 1.32. The van der Waals surface area contributed by atoms with Crippen LogP contribution in [-0.2, 0) is 5.60 Å². The van der Waals surface area contributed by atoms with Crippen molar-refractivity contribution >= 4 is 5.69 Å². The molecule has 1 atom stereocenters. The largest absolute Gasteiger partial charge is 0.506 e. The summed E-state index contributed by atoms with van der Waals surface area (Å²) in [4.78, 5) is 0. The van der Waals surface area contributed by atoms with Gasteiger partial charge in [0.2, 0.25) is 0 Å². The third-order valence-electron chi connectivity index (χ3n) is 2.72. The highest BCUT2D eigenvalue weighted by Crippen LogP contribution is 2.35. The molecule has 1 aliphatic heterocycles. The maximum atomic E-state index is 10.2. The zero-order chi connectivity index (χ0) is 10.2. The Balaban J connectivity index is 2.45. The van der Waals surface area contributed by atoms with E-state index in [-0.39, 0.29) is 11.4 Å². The quantitative estimate of drug-likeness (QED) is 0.379. The lowest BCUT2D eigenvalue weighted by Crippen LogP contribution is -2.29. The Hall–Kier alpha value is -1.26. The zero-order valence-electron chi connectivity index (χ0n) is 7.83. The van der Waals surface area contributed by atoms with Crippen LogP contribution < -0.4 is 11.1 Å². The summed E-state index contributed by atoms with van der Waals surface area (Å²) in [6.07, 6.45) is 0.626. The van der Waals surface area contributed by atoms with Crippen LogP contribution in [0.2, 0.25) is 0 Å². The van der Waals surface area contributed by atoms with Gasteiger partial charge in [-0.15, -0.1) is 0 Å². The first kappa shape index (κ1) is 9.30. The standard InChI is InChI=1S/C10H14N2O2/c11-9-7(2-1-3-8(9)13)10(14)4-5-12-6-10/h1-3,12-14H,4-6,11H2. The van der Waals surface area contributed by atoms with Crippen LogP contribution in [0.4, 0.5) is 5.69 Å². The number of rotatable bonds is 1. The van der Waals surface area contributed by atoms with Crippen LogP contribution in [0.15, 0.2) is 18.2 Å². The lowest BCUT2D eigenvalue weighted by atomic mass is 9.91. The highest BCUT2D eigenvalue weighted by atomic mass is 16.3. The minimum Gasteiger partial charge on any atom is -0.506 e. The summed E-state index contributed by atoms with van der Waals surface area (Å²) < 4.78 is 0. The van der Waals surface area contributed by atoms with Gasteiger partial charge in [0.25, 0.3) is 0 Å². The van der Waals surface area contributed by atoms with Crippen LogP contribution in [0.25, 0.3) is 0 Å². The van der Waals surface area contributed by atoms with Gasteiger partial charge in [-0.25, -0.2) is 0 Å². The number of phenolic OH excluding ortho intramolecular Hbond substituents is 1. The minimum atomic E-state index is -0.928. The van der Waals surface area contributed by atoms with E-state index < -0.39 is 5.60 Å². The number of nitrogens with two attached hydrogens (primary N) is 1. The molecule has 0 saturated carbocycles. The Morgan fingerprint density at radius 3 is 2.86 bits per heavy atom. The van der Waals surface area contributed by atoms with Gasteiger partial charge in [0.15, 0.2) is 0 Å². The average molecular weight is 194 g/mol. The molecule has 1 aliphatic rings. The molecule has 4 heteroatoms. The number of para-hydroxylation sites is 1. The average Bonchev–Trinajstić information content (AvgIpc) is 2.58. The van der Waals surface area contributed by atoms with Gasteiger partial charge in [0, 0.05) is 12.1 Å². The Morgan fingerprint density at radius 1 is 1.43 bits per heavy atom. The number of anilines is 1. The second-order valence-corrected chi connectivity index (χ2v) is 3.70. The van der Waals surface area contributed by atoms with Gasteiger partial charge in [0.05, 0.1) is 5.69 Å². The molecule has 0 amide bonds. The van der Waals surface area contributed by atoms with Crippen molar-refractivity contribution in [1.82, 2.24) is 5.32 Å². The number of nitrogens with one attached hydrogen (secondary N) is 1. The van der Waals surface area contributed by atoms with Crippen molar-refractivity contribution in [1.29, 1.82) is 0 Å². The Kier molecular flexibility index (Phi) is 2.09. The van der Waals surface area contributed by atoms with Crippen molar-refractivity contribution in [2.24, 2.45) is 0 Å². The van der Waals surface area contributed by atoms with E-state index in [0.29, 0.717) is 18.5 Å². The van der Waals surface area contributed by atoms with E-state index in [0.717, 1.165) is 6.54 Å². The number of β-amino-alcohol motifs (C(OH)–C–C–N with tert-alkyl or cyclic N) is 1. The van der Waals surface area contributed by atoms with E-state index in [1.165, 1.54) is 6.07 Å². The second kappa shape index (κ2) is 3.15. The molecule has 1 heterocycles. The maximum Gasteiger partial charge on any atom is 0.138 e. The lowest BCUT2D eigenvalue weighted by molar-refractivity contribution is 0.0593. The Labute approximate surface area is 82.4 Å². The molecule has 0 radical (unpaired) electrons. The number of aromatic hydroxyl groups is 1. The number of hydrogen-bond acceptors (Lipinski definition) is 4. The molecule has 1 fully saturated rings. The van der Waals surface area contributed by atoms with E-state index >= 15 is 0 Å². The smallest absolute Gasteiger partial charge is 0.138 e. The molecule has 1 unspecified atom stereocenters. The summed E-state index contributed by atoms with van der Waals surface area (Å²) in [5.74, 6) is 0.0304. The van der Waals surface area contributed by atoms with Crippen molar-refractivity contribution in [2.75, 3.05) is 18.8 Å². The SMILES string of the molecule is Nc1c(O)cccc1C1(O)CCNC1. The molecule has 1 aromatic carbocycles. The predicted molar refractivity (Wildman–Crippen MR) is 53.9 cm³/mol. The fourth-order valence-electron chi connectivity index (χ4n) is 1.87. The molecule has 1 aromatic rings. The van der Waals surface area contributed by atoms with Crippen molar-refractivity contribution in [3.8, 4) is 5.75 Å². The van der Waals surface area contributed by atoms with Gasteiger partial charge in [-0.1, -0.05) is 12.1 Å². The van der Waals surface area contributed by atoms with E-state index in [2.05, 4.69) is 5.32 Å². The van der Waals surface area contributed by atoms with Crippen LogP contribution in [0.3, 0.4) is 0 Å². The van der Waals surface area contributed by atoms with Crippen LogP contribution in [-0.4, -0.2) is 23.3 Å². The number of benzene rings is 1.